The Bertz CT molecular complexity index is 1100. The van der Waals surface area contributed by atoms with Crippen LogP contribution in [0.2, 0.25) is 0 Å². The minimum atomic E-state index is -0.758. The molecule has 1 amide bonds. The van der Waals surface area contributed by atoms with Crippen LogP contribution in [0.5, 0.6) is 5.75 Å². The summed E-state index contributed by atoms with van der Waals surface area (Å²) in [5.41, 5.74) is 2.55. The molecule has 3 heterocycles. The molecule has 2 aliphatic carbocycles. The van der Waals surface area contributed by atoms with Crippen LogP contribution in [0.15, 0.2) is 12.1 Å². The van der Waals surface area contributed by atoms with Gasteiger partial charge in [0.05, 0.1) is 23.4 Å². The topological polar surface area (TPSA) is 120 Å². The second-order valence-electron chi connectivity index (χ2n) is 10.1. The molecule has 2 aromatic rings. The zero-order valence-corrected chi connectivity index (χ0v) is 20.4. The smallest absolute Gasteiger partial charge is 0.410 e. The Kier molecular flexibility index (Phi) is 6.62. The van der Waals surface area contributed by atoms with Gasteiger partial charge >= 0.3 is 12.1 Å². The van der Waals surface area contributed by atoms with Crippen molar-refractivity contribution in [1.82, 2.24) is 24.9 Å². The third kappa shape index (κ3) is 5.26. The maximum absolute atomic E-state index is 12.6. The van der Waals surface area contributed by atoms with Gasteiger partial charge in [0.1, 0.15) is 23.7 Å². The maximum Gasteiger partial charge on any atom is 0.410 e. The summed E-state index contributed by atoms with van der Waals surface area (Å²) in [7, 11) is 1.77. The Labute approximate surface area is 204 Å². The van der Waals surface area contributed by atoms with Crippen molar-refractivity contribution in [2.75, 3.05) is 13.1 Å². The van der Waals surface area contributed by atoms with Crippen molar-refractivity contribution in [3.63, 3.8) is 0 Å². The Morgan fingerprint density at radius 2 is 1.97 bits per heavy atom. The molecule has 2 saturated carbocycles. The molecule has 0 radical (unpaired) electrons. The molecule has 10 heteroatoms. The van der Waals surface area contributed by atoms with E-state index in [0.29, 0.717) is 47.3 Å². The van der Waals surface area contributed by atoms with Crippen molar-refractivity contribution in [2.24, 2.45) is 24.8 Å². The van der Waals surface area contributed by atoms with Gasteiger partial charge in [0.25, 0.3) is 0 Å². The summed E-state index contributed by atoms with van der Waals surface area (Å²) in [4.78, 5) is 30.5. The largest absolute Gasteiger partial charge is 0.489 e. The molecule has 1 unspecified atom stereocenters. The summed E-state index contributed by atoms with van der Waals surface area (Å²) < 4.78 is 13.4. The zero-order chi connectivity index (χ0) is 24.5. The Morgan fingerprint density at radius 3 is 2.71 bits per heavy atom. The number of carbonyl (C=O) groups excluding carboxylic acids is 1. The number of pyridine rings is 1. The molecule has 3 fully saturated rings. The number of carbonyl (C=O) groups is 2. The van der Waals surface area contributed by atoms with Crippen molar-refractivity contribution in [1.29, 1.82) is 0 Å². The van der Waals surface area contributed by atoms with Crippen molar-refractivity contribution in [3.05, 3.63) is 23.5 Å². The molecule has 10 nitrogen and oxygen atoms in total. The average molecular weight is 484 g/mol. The van der Waals surface area contributed by atoms with Crippen molar-refractivity contribution < 1.29 is 24.2 Å². The third-order valence-corrected chi connectivity index (χ3v) is 7.60. The lowest BCUT2D eigenvalue weighted by atomic mass is 9.87. The quantitative estimate of drug-likeness (QED) is 0.635. The maximum atomic E-state index is 12.6. The van der Waals surface area contributed by atoms with Gasteiger partial charge in [-0.3, -0.25) is 4.79 Å². The summed E-state index contributed by atoms with van der Waals surface area (Å²) in [5.74, 6) is 0.936. The van der Waals surface area contributed by atoms with Crippen LogP contribution in [0.4, 0.5) is 4.79 Å². The Morgan fingerprint density at radius 1 is 1.14 bits per heavy atom. The Hall–Kier alpha value is -3.17. The number of rotatable bonds is 7. The lowest BCUT2D eigenvalue weighted by molar-refractivity contribution is -0.143. The van der Waals surface area contributed by atoms with Crippen molar-refractivity contribution in [3.8, 4) is 17.1 Å². The average Bonchev–Trinajstić information content (AvgIpc) is 3.46. The lowest BCUT2D eigenvalue weighted by Crippen LogP contribution is -2.29. The zero-order valence-electron chi connectivity index (χ0n) is 20.4. The van der Waals surface area contributed by atoms with Gasteiger partial charge in [-0.15, -0.1) is 5.10 Å². The number of carboxylic acids is 1. The van der Waals surface area contributed by atoms with E-state index < -0.39 is 5.97 Å². The number of likely N-dealkylation sites (tertiary alicyclic amines) is 1. The number of hydrogen-bond donors (Lipinski definition) is 1. The fraction of sp³-hybridized carbons (Fsp3) is 0.640. The highest BCUT2D eigenvalue weighted by Gasteiger charge is 2.38. The number of nitrogens with zero attached hydrogens (tertiary/aromatic N) is 5. The summed E-state index contributed by atoms with van der Waals surface area (Å²) in [6, 6.07) is 3.66. The standard InChI is InChI=1S/C25H33N5O5/c1-15-22(35-19-5-3-4-17(12-19)24(31)32)9-8-20(26-15)23-21(29(2)28-27-23)14-34-25(33)30-11-10-18(13-30)16-6-7-16/h8-9,16-19H,3-7,10-14H2,1-2H3,(H,31,32)/t17-,18?,19-/m0/s1. The molecular formula is C25H33N5O5. The molecule has 3 aliphatic rings. The van der Waals surface area contributed by atoms with E-state index in [0.717, 1.165) is 38.3 Å². The number of hydrogen-bond acceptors (Lipinski definition) is 7. The SMILES string of the molecule is Cc1nc(-c2nnn(C)c2COC(=O)N2CCC(C3CC3)C2)ccc1O[C@H]1CCC[C@H](C(=O)O)C1. The predicted molar refractivity (Wildman–Crippen MR) is 126 cm³/mol. The van der Waals surface area contributed by atoms with Crippen LogP contribution in [0, 0.1) is 24.7 Å². The predicted octanol–water partition coefficient (Wildman–Crippen LogP) is 3.58. The van der Waals surface area contributed by atoms with Crippen molar-refractivity contribution in [2.45, 2.75) is 64.6 Å². The fourth-order valence-electron chi connectivity index (χ4n) is 5.33. The second-order valence-corrected chi connectivity index (χ2v) is 10.1. The summed E-state index contributed by atoms with van der Waals surface area (Å²) in [5, 5.41) is 17.7. The van der Waals surface area contributed by atoms with E-state index in [-0.39, 0.29) is 24.7 Å². The number of aryl methyl sites for hydroxylation is 2. The monoisotopic (exact) mass is 483 g/mol. The van der Waals surface area contributed by atoms with Gasteiger partial charge < -0.3 is 19.5 Å². The van der Waals surface area contributed by atoms with Crippen LogP contribution in [0.3, 0.4) is 0 Å². The van der Waals surface area contributed by atoms with E-state index in [1.54, 1.807) is 16.6 Å². The molecule has 5 rings (SSSR count). The molecular weight excluding hydrogens is 450 g/mol. The van der Waals surface area contributed by atoms with E-state index >= 15 is 0 Å². The van der Waals surface area contributed by atoms with Gasteiger partial charge in [0.2, 0.25) is 0 Å². The summed E-state index contributed by atoms with van der Waals surface area (Å²) >= 11 is 0. The summed E-state index contributed by atoms with van der Waals surface area (Å²) in [6.07, 6.45) is 6.10. The van der Waals surface area contributed by atoms with Crippen LogP contribution in [-0.2, 0) is 23.2 Å². The highest BCUT2D eigenvalue weighted by atomic mass is 16.6. The van der Waals surface area contributed by atoms with Crippen LogP contribution < -0.4 is 4.74 Å². The molecule has 35 heavy (non-hydrogen) atoms. The van der Waals surface area contributed by atoms with Crippen LogP contribution >= 0.6 is 0 Å². The Balaban J connectivity index is 1.23. The van der Waals surface area contributed by atoms with E-state index in [1.165, 1.54) is 12.8 Å². The third-order valence-electron chi connectivity index (χ3n) is 7.60. The molecule has 1 N–H and O–H groups in total. The van der Waals surface area contributed by atoms with Crippen LogP contribution in [0.25, 0.3) is 11.4 Å². The van der Waals surface area contributed by atoms with E-state index in [4.69, 9.17) is 9.47 Å². The van der Waals surface area contributed by atoms with E-state index in [2.05, 4.69) is 15.3 Å². The molecule has 0 spiro atoms. The number of aliphatic carboxylic acids is 1. The molecule has 0 bridgehead atoms. The minimum absolute atomic E-state index is 0.0693. The molecule has 0 aromatic carbocycles. The van der Waals surface area contributed by atoms with Crippen LogP contribution in [-0.4, -0.2) is 61.2 Å². The normalized spacial score (nSPS) is 24.4. The first kappa shape index (κ1) is 23.6. The second kappa shape index (κ2) is 9.83. The van der Waals surface area contributed by atoms with E-state index in [1.807, 2.05) is 19.1 Å². The minimum Gasteiger partial charge on any atom is -0.489 e. The van der Waals surface area contributed by atoms with Gasteiger partial charge in [-0.2, -0.15) is 0 Å². The number of ether oxygens (including phenoxy) is 2. The highest BCUT2D eigenvalue weighted by Crippen LogP contribution is 2.41. The lowest BCUT2D eigenvalue weighted by Gasteiger charge is -2.27. The first-order valence-electron chi connectivity index (χ1n) is 12.6. The summed E-state index contributed by atoms with van der Waals surface area (Å²) in [6.45, 7) is 3.47. The van der Waals surface area contributed by atoms with Gasteiger partial charge in [0, 0.05) is 20.1 Å². The first-order chi connectivity index (χ1) is 16.9. The van der Waals surface area contributed by atoms with Gasteiger partial charge in [-0.05, 0) is 75.8 Å². The van der Waals surface area contributed by atoms with E-state index in [9.17, 15) is 14.7 Å². The molecule has 1 saturated heterocycles. The first-order valence-corrected chi connectivity index (χ1v) is 12.6. The molecule has 2 aromatic heterocycles. The van der Waals surface area contributed by atoms with Gasteiger partial charge in [0.15, 0.2) is 0 Å². The number of amides is 1. The molecule has 3 atom stereocenters. The number of carboxylic acid groups (broad SMARTS) is 1. The fourth-order valence-corrected chi connectivity index (χ4v) is 5.33. The highest BCUT2D eigenvalue weighted by molar-refractivity contribution is 5.70. The number of aromatic nitrogens is 4. The van der Waals surface area contributed by atoms with Gasteiger partial charge in [-0.25, -0.2) is 14.5 Å². The van der Waals surface area contributed by atoms with Gasteiger partial charge in [-0.1, -0.05) is 5.21 Å². The molecule has 188 valence electrons. The van der Waals surface area contributed by atoms with Crippen LogP contribution in [0.1, 0.15) is 56.3 Å². The van der Waals surface area contributed by atoms with Crippen molar-refractivity contribution >= 4 is 12.1 Å². The molecule has 1 aliphatic heterocycles.